The average molecular weight is 1550 g/mol. The zero-order valence-corrected chi connectivity index (χ0v) is 64.4. The Labute approximate surface area is 693 Å². The van der Waals surface area contributed by atoms with Crippen molar-refractivity contribution in [2.75, 3.05) is 0 Å². The molecule has 15 nitrogen and oxygen atoms in total. The van der Waals surface area contributed by atoms with Crippen LogP contribution < -0.4 is 14.0 Å². The summed E-state index contributed by atoms with van der Waals surface area (Å²) < 4.78 is 22.5. The van der Waals surface area contributed by atoms with E-state index in [1.165, 1.54) is 0 Å². The van der Waals surface area contributed by atoms with E-state index >= 15 is 0 Å². The van der Waals surface area contributed by atoms with Crippen LogP contribution in [0.4, 0.5) is 0 Å². The number of fused-ring (bicyclic) bond motifs is 9. The number of rotatable bonds is 18. The zero-order valence-electron chi connectivity index (χ0n) is 64.4. The van der Waals surface area contributed by atoms with Crippen molar-refractivity contribution in [1.82, 2.24) is 43.6 Å². The standard InChI is InChI=1S/C35H24BN2O2.C34H23BN3O2.C33H22BN4O2/c39-36-40-29-18-19-35-31(23-29)30-16-7-8-17-34(30)38(35)28-15-9-14-26(20-28)27-21-32(24-10-3-1-4-11-24)37-33(22-27)25-12-5-2-6-13-25;39-35-40-27-18-19-33-29(21-27)28-16-7-8-17-32(28)38(33)26-15-9-14-25(20-26)34-36-30(23-10-3-1-4-11-23)22-31(37-34)24-12-5-2-6-13-24;39-34-40-25-15-16-33-27(21-25)26-7-1-2-10-32(26)38(33)24-13-11-22(12-14-24)23-19-30(28-8-3-5-17-35-28)37-31(20-23)29-9-4-6-18-36-29/h1-23,39H;1-22,39H;1-21,39H. The first-order valence-electron chi connectivity index (χ1n) is 39.1. The van der Waals surface area contributed by atoms with E-state index in [2.05, 4.69) is 212 Å². The molecule has 13 aromatic carbocycles. The third-order valence-electron chi connectivity index (χ3n) is 21.3. The molecule has 21 aromatic rings. The molecule has 8 heterocycles. The van der Waals surface area contributed by atoms with E-state index in [0.29, 0.717) is 46.1 Å². The molecule has 18 heteroatoms. The summed E-state index contributed by atoms with van der Waals surface area (Å²) in [5.74, 6) is 2.41. The fourth-order valence-electron chi connectivity index (χ4n) is 15.8. The number of benzene rings is 13. The first-order chi connectivity index (χ1) is 59.3. The van der Waals surface area contributed by atoms with E-state index in [0.717, 1.165) is 178 Å². The van der Waals surface area contributed by atoms with E-state index in [-0.39, 0.29) is 0 Å². The molecule has 3 radical (unpaired) electrons. The topological polar surface area (TPSA) is 181 Å². The van der Waals surface area contributed by atoms with Crippen molar-refractivity contribution in [2.24, 2.45) is 0 Å². The smallest absolute Gasteiger partial charge is 0.537 e. The number of pyridine rings is 4. The molecule has 0 unspecified atom stereocenters. The van der Waals surface area contributed by atoms with Crippen molar-refractivity contribution < 1.29 is 29.0 Å². The van der Waals surface area contributed by atoms with Crippen LogP contribution in [0.1, 0.15) is 0 Å². The van der Waals surface area contributed by atoms with Crippen LogP contribution in [0.5, 0.6) is 17.2 Å². The van der Waals surface area contributed by atoms with Crippen molar-refractivity contribution in [3.63, 3.8) is 0 Å². The molecule has 0 aliphatic rings. The SMILES string of the molecule is O[B]Oc1ccc2c(c1)c1ccccc1n2-c1ccc(-c2cc(-c3ccccn3)nc(-c3ccccn3)c2)cc1.O[B]Oc1ccc2c(c1)c1ccccc1n2-c1cccc(-c2cc(-c3ccccc3)nc(-c3ccccc3)c2)c1.O[B]Oc1ccc2c(c1)c1ccccc1n2-c1cccc(-c2nc(-c3ccccc3)cc(-c3ccccc3)n2)c1. The van der Waals surface area contributed by atoms with Crippen LogP contribution in [0.15, 0.2) is 401 Å². The molecule has 0 saturated carbocycles. The maximum atomic E-state index is 9.15. The van der Waals surface area contributed by atoms with Crippen LogP contribution in [-0.4, -0.2) is 81.7 Å². The lowest BCUT2D eigenvalue weighted by atomic mass is 9.99. The van der Waals surface area contributed by atoms with E-state index in [1.54, 1.807) is 12.4 Å². The number of para-hydroxylation sites is 3. The molecule has 567 valence electrons. The molecule has 0 saturated heterocycles. The Hall–Kier alpha value is -15.6. The Morgan fingerprint density at radius 3 is 0.925 bits per heavy atom. The molecule has 21 rings (SSSR count). The van der Waals surface area contributed by atoms with Gasteiger partial charge in [0.2, 0.25) is 0 Å². The van der Waals surface area contributed by atoms with Crippen molar-refractivity contribution >= 4 is 88.5 Å². The largest absolute Gasteiger partial charge is 0.569 e. The molecule has 0 amide bonds. The van der Waals surface area contributed by atoms with Gasteiger partial charge in [0.15, 0.2) is 5.82 Å². The maximum absolute atomic E-state index is 9.15. The molecule has 3 N–H and O–H groups in total. The van der Waals surface area contributed by atoms with Crippen molar-refractivity contribution in [2.45, 2.75) is 0 Å². The summed E-state index contributed by atoms with van der Waals surface area (Å²) in [6.45, 7) is 0. The van der Waals surface area contributed by atoms with Crippen LogP contribution in [0.25, 0.3) is 184 Å². The second-order valence-corrected chi connectivity index (χ2v) is 28.5. The van der Waals surface area contributed by atoms with Crippen LogP contribution in [-0.2, 0) is 0 Å². The number of hydrogen-bond donors (Lipinski definition) is 3. The van der Waals surface area contributed by atoms with Gasteiger partial charge in [-0.15, -0.1) is 0 Å². The summed E-state index contributed by atoms with van der Waals surface area (Å²) in [5, 5.41) is 33.9. The summed E-state index contributed by atoms with van der Waals surface area (Å²) in [6, 6.07) is 131. The predicted octanol–water partition coefficient (Wildman–Crippen LogP) is 22.4. The van der Waals surface area contributed by atoms with Crippen LogP contribution >= 0.6 is 0 Å². The fourth-order valence-corrected chi connectivity index (χ4v) is 15.8. The van der Waals surface area contributed by atoms with Gasteiger partial charge >= 0.3 is 23.1 Å². The molecule has 0 bridgehead atoms. The first kappa shape index (κ1) is 74.5. The third-order valence-corrected chi connectivity index (χ3v) is 21.3. The van der Waals surface area contributed by atoms with Gasteiger partial charge in [-0.3, -0.25) is 9.97 Å². The fraction of sp³-hybridized carbons (Fsp3) is 0. The normalized spacial score (nSPS) is 11.1. The van der Waals surface area contributed by atoms with Crippen LogP contribution in [0.3, 0.4) is 0 Å². The highest BCUT2D eigenvalue weighted by Crippen LogP contribution is 2.41. The lowest BCUT2D eigenvalue weighted by molar-refractivity contribution is 0.453. The maximum Gasteiger partial charge on any atom is 0.569 e. The molecule has 0 fully saturated rings. The van der Waals surface area contributed by atoms with Gasteiger partial charge in [0.25, 0.3) is 0 Å². The minimum Gasteiger partial charge on any atom is -0.537 e. The molecule has 0 atom stereocenters. The molecular weight excluding hydrogens is 1480 g/mol. The predicted molar refractivity (Wildman–Crippen MR) is 484 cm³/mol. The number of hydrogen-bond acceptors (Lipinski definition) is 12. The monoisotopic (exact) mass is 1550 g/mol. The van der Waals surface area contributed by atoms with Gasteiger partial charge in [-0.2, -0.15) is 0 Å². The van der Waals surface area contributed by atoms with Gasteiger partial charge in [0, 0.05) is 89.6 Å². The average Bonchev–Trinajstić information content (AvgIpc) is 1.60. The number of nitrogens with zero attached hydrogens (tertiary/aromatic N) is 9. The molecule has 0 spiro atoms. The van der Waals surface area contributed by atoms with E-state index in [1.807, 2.05) is 200 Å². The Kier molecular flexibility index (Phi) is 20.9. The number of aromatic nitrogens is 9. The van der Waals surface area contributed by atoms with Crippen molar-refractivity contribution in [3.8, 4) is 136 Å². The van der Waals surface area contributed by atoms with Gasteiger partial charge < -0.3 is 42.7 Å². The van der Waals surface area contributed by atoms with Gasteiger partial charge in [0.1, 0.15) is 17.2 Å². The van der Waals surface area contributed by atoms with Gasteiger partial charge in [-0.1, -0.05) is 224 Å². The minimum atomic E-state index is 0.575. The summed E-state index contributed by atoms with van der Waals surface area (Å²) in [7, 11) is 2.12. The Morgan fingerprint density at radius 1 is 0.200 bits per heavy atom. The van der Waals surface area contributed by atoms with E-state index in [4.69, 9.17) is 49.0 Å². The lowest BCUT2D eigenvalue weighted by Gasteiger charge is -2.13. The molecule has 0 aliphatic heterocycles. The second-order valence-electron chi connectivity index (χ2n) is 28.5. The Morgan fingerprint density at radius 2 is 0.525 bits per heavy atom. The summed E-state index contributed by atoms with van der Waals surface area (Å²) in [5.41, 5.74) is 25.8. The first-order valence-corrected chi connectivity index (χ1v) is 39.1. The lowest BCUT2D eigenvalue weighted by Crippen LogP contribution is -2.00. The second kappa shape index (κ2) is 33.7. The van der Waals surface area contributed by atoms with Crippen molar-refractivity contribution in [1.29, 1.82) is 0 Å². The summed E-state index contributed by atoms with van der Waals surface area (Å²) >= 11 is 0. The zero-order chi connectivity index (χ0) is 80.7. The highest BCUT2D eigenvalue weighted by atomic mass is 16.5. The van der Waals surface area contributed by atoms with E-state index < -0.39 is 0 Å². The highest BCUT2D eigenvalue weighted by molar-refractivity contribution is 6.19. The Bertz CT molecular complexity index is 6810. The van der Waals surface area contributed by atoms with E-state index in [9.17, 15) is 0 Å². The van der Waals surface area contributed by atoms with Gasteiger partial charge in [-0.25, -0.2) is 19.9 Å². The molecule has 8 aromatic heterocycles. The summed E-state index contributed by atoms with van der Waals surface area (Å²) in [6.07, 6.45) is 3.56. The quantitative estimate of drug-likeness (QED) is 0.0693. The van der Waals surface area contributed by atoms with Gasteiger partial charge in [0.05, 0.1) is 78.7 Å². The van der Waals surface area contributed by atoms with Crippen LogP contribution in [0, 0.1) is 0 Å². The van der Waals surface area contributed by atoms with Gasteiger partial charge in [-0.05, 0) is 186 Å². The Balaban J connectivity index is 0.000000119. The third kappa shape index (κ3) is 15.2. The highest BCUT2D eigenvalue weighted by Gasteiger charge is 2.21. The molecule has 0 aliphatic carbocycles. The molecule has 120 heavy (non-hydrogen) atoms. The summed E-state index contributed by atoms with van der Waals surface area (Å²) in [4.78, 5) is 29.0. The molecular formula is C102H69B3N9O6. The van der Waals surface area contributed by atoms with Crippen molar-refractivity contribution in [3.05, 3.63) is 401 Å². The minimum absolute atomic E-state index is 0.575. The van der Waals surface area contributed by atoms with Crippen LogP contribution in [0.2, 0.25) is 0 Å².